The highest BCUT2D eigenvalue weighted by Crippen LogP contribution is 2.28. The van der Waals surface area contributed by atoms with E-state index in [1.54, 1.807) is 48.6 Å². The lowest BCUT2D eigenvalue weighted by Gasteiger charge is -2.05. The number of hydrogen-bond acceptors (Lipinski definition) is 6. The Kier molecular flexibility index (Phi) is 7.51. The fourth-order valence-electron chi connectivity index (χ4n) is 3.62. The van der Waals surface area contributed by atoms with Crippen molar-refractivity contribution in [3.05, 3.63) is 101 Å². The molecular weight excluding hydrogens is 456 g/mol. The van der Waals surface area contributed by atoms with Crippen molar-refractivity contribution < 1.29 is 24.5 Å². The number of carbonyl (C=O) groups is 1. The Morgan fingerprint density at radius 2 is 1.39 bits per heavy atom. The van der Waals surface area contributed by atoms with Crippen LogP contribution >= 0.6 is 0 Å². The first kappa shape index (κ1) is 24.3. The molecule has 0 aliphatic carbocycles. The van der Waals surface area contributed by atoms with Gasteiger partial charge in [0.15, 0.2) is 23.0 Å². The number of phenols is 2. The average molecular weight is 483 g/mol. The number of ether oxygens (including phenoxy) is 2. The third kappa shape index (κ3) is 5.82. The third-order valence-corrected chi connectivity index (χ3v) is 5.49. The Balaban J connectivity index is 1.65. The van der Waals surface area contributed by atoms with Crippen molar-refractivity contribution in [2.24, 2.45) is 0 Å². The highest BCUT2D eigenvalue weighted by Gasteiger charge is 2.13. The lowest BCUT2D eigenvalue weighted by molar-refractivity contribution is 0.0897. The smallest absolute Gasteiger partial charge is 0.251 e. The summed E-state index contributed by atoms with van der Waals surface area (Å²) in [6, 6.07) is 21.3. The van der Waals surface area contributed by atoms with Crippen LogP contribution in [0.2, 0.25) is 0 Å². The molecule has 4 aromatic rings. The number of phenolic OH excluding ortho intramolecular Hbond substituents is 2. The minimum atomic E-state index is -0.171. The molecule has 4 rings (SSSR count). The van der Waals surface area contributed by atoms with Gasteiger partial charge in [-0.1, -0.05) is 54.6 Å². The van der Waals surface area contributed by atoms with Crippen LogP contribution in [-0.4, -0.2) is 40.1 Å². The normalized spacial score (nSPS) is 11.3. The molecule has 36 heavy (non-hydrogen) atoms. The lowest BCUT2D eigenvalue weighted by atomic mass is 10.1. The molecule has 0 saturated carbocycles. The number of rotatable bonds is 8. The molecule has 0 bridgehead atoms. The molecular formula is C29H26N2O5. The van der Waals surface area contributed by atoms with Gasteiger partial charge in [-0.15, -0.1) is 0 Å². The van der Waals surface area contributed by atoms with E-state index in [0.29, 0.717) is 22.9 Å². The second-order valence-electron chi connectivity index (χ2n) is 7.99. The fourth-order valence-corrected chi connectivity index (χ4v) is 3.62. The molecule has 7 nitrogen and oxygen atoms in total. The standard InChI is InChI=1S/C29H26N2O5/c1-35-27-16-21(10-14-25(27)32)8-12-23-19-24(13-9-22-11-15-26(33)28(17-22)36-2)31(30-23)29(34)18-20-6-4-3-5-7-20/h3-17,19,32-33H,18H2,1-2H3/b12-8+,13-9+. The van der Waals surface area contributed by atoms with Gasteiger partial charge in [0.25, 0.3) is 5.91 Å². The molecule has 7 heteroatoms. The van der Waals surface area contributed by atoms with Crippen LogP contribution in [0.3, 0.4) is 0 Å². The van der Waals surface area contributed by atoms with Crippen molar-refractivity contribution in [2.45, 2.75) is 6.42 Å². The molecule has 1 aromatic heterocycles. The zero-order valence-electron chi connectivity index (χ0n) is 20.0. The molecule has 0 atom stereocenters. The highest BCUT2D eigenvalue weighted by atomic mass is 16.5. The van der Waals surface area contributed by atoms with Crippen LogP contribution in [0.1, 0.15) is 32.9 Å². The maximum atomic E-state index is 13.1. The molecule has 0 aliphatic heterocycles. The van der Waals surface area contributed by atoms with Gasteiger partial charge < -0.3 is 19.7 Å². The van der Waals surface area contributed by atoms with Crippen LogP contribution in [0.4, 0.5) is 0 Å². The van der Waals surface area contributed by atoms with E-state index in [2.05, 4.69) is 5.10 Å². The second kappa shape index (κ2) is 11.1. The van der Waals surface area contributed by atoms with Crippen LogP contribution in [0.15, 0.2) is 72.8 Å². The number of aromatic hydroxyl groups is 2. The van der Waals surface area contributed by atoms with Crippen molar-refractivity contribution in [3.63, 3.8) is 0 Å². The molecule has 0 radical (unpaired) electrons. The summed E-state index contributed by atoms with van der Waals surface area (Å²) in [6.45, 7) is 0. The predicted molar refractivity (Wildman–Crippen MR) is 140 cm³/mol. The van der Waals surface area contributed by atoms with E-state index in [0.717, 1.165) is 16.7 Å². The number of aromatic nitrogens is 2. The van der Waals surface area contributed by atoms with E-state index in [9.17, 15) is 15.0 Å². The van der Waals surface area contributed by atoms with E-state index in [4.69, 9.17) is 9.47 Å². The molecule has 1 heterocycles. The maximum Gasteiger partial charge on any atom is 0.251 e. The Bertz CT molecular complexity index is 1420. The SMILES string of the molecule is COc1cc(/C=C/c2cc(/C=C/c3ccc(O)c(OC)c3)n(C(=O)Cc3ccccc3)n2)ccc1O. The zero-order valence-corrected chi connectivity index (χ0v) is 20.0. The summed E-state index contributed by atoms with van der Waals surface area (Å²) in [4.78, 5) is 13.1. The van der Waals surface area contributed by atoms with Gasteiger partial charge in [0.2, 0.25) is 0 Å². The molecule has 0 spiro atoms. The third-order valence-electron chi connectivity index (χ3n) is 5.49. The minimum absolute atomic E-state index is 0.0519. The number of carbonyl (C=O) groups excluding carboxylic acids is 1. The highest BCUT2D eigenvalue weighted by molar-refractivity contribution is 5.85. The van der Waals surface area contributed by atoms with Gasteiger partial charge in [-0.3, -0.25) is 4.79 Å². The first-order valence-corrected chi connectivity index (χ1v) is 11.2. The summed E-state index contributed by atoms with van der Waals surface area (Å²) in [7, 11) is 2.98. The van der Waals surface area contributed by atoms with E-state index < -0.39 is 0 Å². The first-order chi connectivity index (χ1) is 17.5. The topological polar surface area (TPSA) is 93.8 Å². The fraction of sp³-hybridized carbons (Fsp3) is 0.103. The second-order valence-corrected chi connectivity index (χ2v) is 7.99. The van der Waals surface area contributed by atoms with E-state index in [1.807, 2.05) is 48.6 Å². The Morgan fingerprint density at radius 1 is 0.806 bits per heavy atom. The summed E-state index contributed by atoms with van der Waals surface area (Å²) in [5.74, 6) is 0.669. The molecule has 3 aromatic carbocycles. The molecule has 182 valence electrons. The molecule has 0 unspecified atom stereocenters. The number of hydrogen-bond donors (Lipinski definition) is 2. The maximum absolute atomic E-state index is 13.1. The Hall–Kier alpha value is -4.78. The zero-order chi connectivity index (χ0) is 25.5. The van der Waals surface area contributed by atoms with Gasteiger partial charge >= 0.3 is 0 Å². The quantitative estimate of drug-likeness (QED) is 0.343. The van der Waals surface area contributed by atoms with Gasteiger partial charge in [-0.05, 0) is 59.2 Å². The lowest BCUT2D eigenvalue weighted by Crippen LogP contribution is -2.16. The van der Waals surface area contributed by atoms with Gasteiger partial charge in [0.1, 0.15) is 0 Å². The summed E-state index contributed by atoms with van der Waals surface area (Å²) >= 11 is 0. The molecule has 0 aliphatic rings. The van der Waals surface area contributed by atoms with Crippen LogP contribution in [0, 0.1) is 0 Å². The number of methoxy groups -OCH3 is 2. The van der Waals surface area contributed by atoms with E-state index >= 15 is 0 Å². The van der Waals surface area contributed by atoms with Crippen LogP contribution in [0.5, 0.6) is 23.0 Å². The van der Waals surface area contributed by atoms with Gasteiger partial charge in [-0.25, -0.2) is 0 Å². The van der Waals surface area contributed by atoms with Crippen molar-refractivity contribution in [3.8, 4) is 23.0 Å². The molecule has 2 N–H and O–H groups in total. The van der Waals surface area contributed by atoms with E-state index in [-0.39, 0.29) is 23.8 Å². The monoisotopic (exact) mass is 482 g/mol. The van der Waals surface area contributed by atoms with Crippen molar-refractivity contribution >= 4 is 30.2 Å². The average Bonchev–Trinajstić information content (AvgIpc) is 3.31. The molecule has 0 amide bonds. The van der Waals surface area contributed by atoms with E-state index in [1.165, 1.54) is 18.9 Å². The summed E-state index contributed by atoms with van der Waals surface area (Å²) in [5, 5.41) is 24.2. The summed E-state index contributed by atoms with van der Waals surface area (Å²) in [6.07, 6.45) is 7.44. The van der Waals surface area contributed by atoms with Gasteiger partial charge in [0.05, 0.1) is 32.0 Å². The van der Waals surface area contributed by atoms with Crippen LogP contribution in [-0.2, 0) is 6.42 Å². The van der Waals surface area contributed by atoms with Crippen molar-refractivity contribution in [1.29, 1.82) is 0 Å². The predicted octanol–water partition coefficient (Wildman–Crippen LogP) is 5.54. The summed E-state index contributed by atoms with van der Waals surface area (Å²) in [5.41, 5.74) is 3.69. The number of nitrogens with zero attached hydrogens (tertiary/aromatic N) is 2. The molecule has 0 fully saturated rings. The first-order valence-electron chi connectivity index (χ1n) is 11.2. The van der Waals surface area contributed by atoms with Crippen molar-refractivity contribution in [1.82, 2.24) is 9.78 Å². The van der Waals surface area contributed by atoms with Gasteiger partial charge in [-0.2, -0.15) is 9.78 Å². The molecule has 0 saturated heterocycles. The van der Waals surface area contributed by atoms with Gasteiger partial charge in [0, 0.05) is 0 Å². The van der Waals surface area contributed by atoms with Crippen molar-refractivity contribution in [2.75, 3.05) is 14.2 Å². The Morgan fingerprint density at radius 3 is 1.97 bits per heavy atom. The summed E-state index contributed by atoms with van der Waals surface area (Å²) < 4.78 is 11.7. The largest absolute Gasteiger partial charge is 0.504 e. The minimum Gasteiger partial charge on any atom is -0.504 e. The number of benzene rings is 3. The van der Waals surface area contributed by atoms with Crippen LogP contribution < -0.4 is 9.47 Å². The van der Waals surface area contributed by atoms with Crippen LogP contribution in [0.25, 0.3) is 24.3 Å². The Labute approximate surface area is 209 Å².